The van der Waals surface area contributed by atoms with Crippen molar-refractivity contribution in [2.24, 2.45) is 0 Å². The summed E-state index contributed by atoms with van der Waals surface area (Å²) in [6, 6.07) is 7.87. The molecule has 4 rings (SSSR count). The minimum absolute atomic E-state index is 0.0477. The Kier molecular flexibility index (Phi) is 3.83. The predicted molar refractivity (Wildman–Crippen MR) is 90.2 cm³/mol. The highest BCUT2D eigenvalue weighted by atomic mass is 35.5. The lowest BCUT2D eigenvalue weighted by molar-refractivity contribution is 0.0983. The Hall–Kier alpha value is -1.85. The zero-order valence-electron chi connectivity index (χ0n) is 12.8. The average Bonchev–Trinajstić information content (AvgIpc) is 3.23. The van der Waals surface area contributed by atoms with Gasteiger partial charge in [0, 0.05) is 30.0 Å². The second-order valence-electron chi connectivity index (χ2n) is 6.13. The summed E-state index contributed by atoms with van der Waals surface area (Å²) in [5.41, 5.74) is 2.47. The third-order valence-electron chi connectivity index (χ3n) is 4.69. The lowest BCUT2D eigenvalue weighted by Gasteiger charge is -2.23. The van der Waals surface area contributed by atoms with Gasteiger partial charge in [-0.1, -0.05) is 17.7 Å². The number of rotatable bonds is 2. The van der Waals surface area contributed by atoms with Gasteiger partial charge in [-0.3, -0.25) is 9.48 Å². The van der Waals surface area contributed by atoms with E-state index in [9.17, 15) is 4.79 Å². The first-order valence-corrected chi connectivity index (χ1v) is 8.47. The maximum absolute atomic E-state index is 12.8. The molecular weight excluding hydrogens is 312 g/mol. The molecule has 0 aliphatic carbocycles. The Morgan fingerprint density at radius 1 is 1.35 bits per heavy atom. The number of piperidine rings is 1. The molecule has 0 spiro atoms. The van der Waals surface area contributed by atoms with Crippen molar-refractivity contribution in [1.82, 2.24) is 15.1 Å². The summed E-state index contributed by atoms with van der Waals surface area (Å²) < 4.78 is 1.92. The first-order valence-electron chi connectivity index (χ1n) is 8.09. The molecule has 1 aromatic carbocycles. The molecule has 5 nitrogen and oxygen atoms in total. The lowest BCUT2D eigenvalue weighted by atomic mass is 10.1. The van der Waals surface area contributed by atoms with E-state index in [1.807, 2.05) is 35.1 Å². The van der Waals surface area contributed by atoms with E-state index in [0.29, 0.717) is 18.3 Å². The minimum atomic E-state index is -0.0477. The molecule has 2 aliphatic rings. The van der Waals surface area contributed by atoms with Crippen LogP contribution in [0, 0.1) is 0 Å². The summed E-state index contributed by atoms with van der Waals surface area (Å²) in [6.45, 7) is 2.64. The van der Waals surface area contributed by atoms with Crippen LogP contribution in [-0.2, 0) is 6.42 Å². The standard InChI is InChI=1S/C17H19ClN4O/c18-14-4-1-5-16-13(14)6-9-21(16)17(23)15-7-10-22(20-15)12-3-2-8-19-11-12/h1,4-5,7,10,12,19H,2-3,6,8-9,11H2. The number of aromatic nitrogens is 2. The highest BCUT2D eigenvalue weighted by Gasteiger charge is 2.28. The highest BCUT2D eigenvalue weighted by Crippen LogP contribution is 2.34. The second kappa shape index (κ2) is 5.98. The molecule has 2 aliphatic heterocycles. The van der Waals surface area contributed by atoms with Crippen molar-refractivity contribution in [3.05, 3.63) is 46.7 Å². The van der Waals surface area contributed by atoms with E-state index in [1.54, 1.807) is 4.90 Å². The van der Waals surface area contributed by atoms with Crippen LogP contribution < -0.4 is 10.2 Å². The number of hydrogen-bond donors (Lipinski definition) is 1. The SMILES string of the molecule is O=C(c1ccn(C2CCCNC2)n1)N1CCc2c(Cl)cccc21. The van der Waals surface area contributed by atoms with E-state index >= 15 is 0 Å². The van der Waals surface area contributed by atoms with Crippen LogP contribution in [0.3, 0.4) is 0 Å². The molecule has 0 saturated carbocycles. The Morgan fingerprint density at radius 2 is 2.26 bits per heavy atom. The minimum Gasteiger partial charge on any atom is -0.315 e. The molecule has 6 heteroatoms. The summed E-state index contributed by atoms with van der Waals surface area (Å²) in [4.78, 5) is 14.6. The van der Waals surface area contributed by atoms with Crippen LogP contribution in [0.25, 0.3) is 0 Å². The van der Waals surface area contributed by atoms with Crippen molar-refractivity contribution in [3.63, 3.8) is 0 Å². The Labute approximate surface area is 140 Å². The first kappa shape index (κ1) is 14.7. The fourth-order valence-corrected chi connectivity index (χ4v) is 3.72. The molecule has 3 heterocycles. The summed E-state index contributed by atoms with van der Waals surface area (Å²) in [5, 5.41) is 8.63. The Balaban J connectivity index is 1.57. The van der Waals surface area contributed by atoms with Crippen molar-refractivity contribution in [1.29, 1.82) is 0 Å². The smallest absolute Gasteiger partial charge is 0.278 e. The van der Waals surface area contributed by atoms with E-state index in [-0.39, 0.29) is 5.91 Å². The van der Waals surface area contributed by atoms with Crippen LogP contribution >= 0.6 is 11.6 Å². The van der Waals surface area contributed by atoms with Crippen LogP contribution in [0.15, 0.2) is 30.5 Å². The number of hydrogen-bond acceptors (Lipinski definition) is 3. The van der Waals surface area contributed by atoms with Gasteiger partial charge < -0.3 is 10.2 Å². The van der Waals surface area contributed by atoms with Crippen LogP contribution in [-0.4, -0.2) is 35.3 Å². The topological polar surface area (TPSA) is 50.2 Å². The number of carbonyl (C=O) groups is 1. The van der Waals surface area contributed by atoms with Crippen LogP contribution in [0.2, 0.25) is 5.02 Å². The normalized spacial score (nSPS) is 20.6. The number of anilines is 1. The van der Waals surface area contributed by atoms with Gasteiger partial charge >= 0.3 is 0 Å². The number of halogens is 1. The van der Waals surface area contributed by atoms with E-state index in [1.165, 1.54) is 0 Å². The van der Waals surface area contributed by atoms with Crippen molar-refractivity contribution in [2.75, 3.05) is 24.5 Å². The van der Waals surface area contributed by atoms with E-state index in [4.69, 9.17) is 11.6 Å². The molecule has 1 aromatic heterocycles. The fourth-order valence-electron chi connectivity index (χ4n) is 3.46. The predicted octanol–water partition coefficient (Wildman–Crippen LogP) is 2.66. The van der Waals surface area contributed by atoms with Gasteiger partial charge in [0.15, 0.2) is 5.69 Å². The average molecular weight is 331 g/mol. The second-order valence-corrected chi connectivity index (χ2v) is 6.53. The van der Waals surface area contributed by atoms with Gasteiger partial charge in [-0.05, 0) is 49.6 Å². The molecule has 1 atom stereocenters. The molecule has 1 saturated heterocycles. The molecule has 23 heavy (non-hydrogen) atoms. The first-order chi connectivity index (χ1) is 11.2. The van der Waals surface area contributed by atoms with Gasteiger partial charge in [-0.2, -0.15) is 5.10 Å². The molecule has 1 fully saturated rings. The fraction of sp³-hybridized carbons (Fsp3) is 0.412. The Bertz CT molecular complexity index is 736. The van der Waals surface area contributed by atoms with Gasteiger partial charge in [0.05, 0.1) is 6.04 Å². The van der Waals surface area contributed by atoms with Crippen LogP contribution in [0.5, 0.6) is 0 Å². The summed E-state index contributed by atoms with van der Waals surface area (Å²) in [6.07, 6.45) is 4.96. The monoisotopic (exact) mass is 330 g/mol. The third-order valence-corrected chi connectivity index (χ3v) is 5.04. The zero-order valence-corrected chi connectivity index (χ0v) is 13.6. The number of benzene rings is 1. The largest absolute Gasteiger partial charge is 0.315 e. The summed E-state index contributed by atoms with van der Waals surface area (Å²) in [5.74, 6) is -0.0477. The van der Waals surface area contributed by atoms with E-state index in [0.717, 1.165) is 48.6 Å². The van der Waals surface area contributed by atoms with E-state index < -0.39 is 0 Å². The molecule has 0 radical (unpaired) electrons. The molecule has 2 aromatic rings. The summed E-state index contributed by atoms with van der Waals surface area (Å²) in [7, 11) is 0. The lowest BCUT2D eigenvalue weighted by Crippen LogP contribution is -2.32. The quantitative estimate of drug-likeness (QED) is 0.921. The van der Waals surface area contributed by atoms with Crippen LogP contribution in [0.4, 0.5) is 5.69 Å². The number of nitrogens with one attached hydrogen (secondary N) is 1. The van der Waals surface area contributed by atoms with E-state index in [2.05, 4.69) is 10.4 Å². The number of amides is 1. The molecule has 1 N–H and O–H groups in total. The van der Waals surface area contributed by atoms with Gasteiger partial charge in [-0.15, -0.1) is 0 Å². The molecule has 1 amide bonds. The third kappa shape index (κ3) is 2.64. The maximum Gasteiger partial charge on any atom is 0.278 e. The number of carbonyl (C=O) groups excluding carboxylic acids is 1. The van der Waals surface area contributed by atoms with Crippen molar-refractivity contribution in [3.8, 4) is 0 Å². The van der Waals surface area contributed by atoms with Crippen molar-refractivity contribution < 1.29 is 4.79 Å². The summed E-state index contributed by atoms with van der Waals surface area (Å²) >= 11 is 6.23. The molecule has 0 bridgehead atoms. The molecular formula is C17H19ClN4O. The zero-order chi connectivity index (χ0) is 15.8. The molecule has 1 unspecified atom stereocenters. The van der Waals surface area contributed by atoms with Crippen molar-refractivity contribution in [2.45, 2.75) is 25.3 Å². The number of fused-ring (bicyclic) bond motifs is 1. The highest BCUT2D eigenvalue weighted by molar-refractivity contribution is 6.32. The maximum atomic E-state index is 12.8. The van der Waals surface area contributed by atoms with Crippen molar-refractivity contribution >= 4 is 23.2 Å². The van der Waals surface area contributed by atoms with Gasteiger partial charge in [0.2, 0.25) is 0 Å². The van der Waals surface area contributed by atoms with Gasteiger partial charge in [0.1, 0.15) is 0 Å². The Morgan fingerprint density at radius 3 is 3.09 bits per heavy atom. The van der Waals surface area contributed by atoms with Gasteiger partial charge in [0.25, 0.3) is 5.91 Å². The van der Waals surface area contributed by atoms with Gasteiger partial charge in [-0.25, -0.2) is 0 Å². The van der Waals surface area contributed by atoms with Crippen LogP contribution in [0.1, 0.15) is 34.9 Å². The molecule has 120 valence electrons. The number of nitrogens with zero attached hydrogens (tertiary/aromatic N) is 3.